The number of nitro benzene ring substituents is 1. The first kappa shape index (κ1) is 13.3. The molecule has 0 aliphatic carbocycles. The molecule has 0 unspecified atom stereocenters. The van der Waals surface area contributed by atoms with Gasteiger partial charge in [-0.2, -0.15) is 4.39 Å². The third-order valence-electron chi connectivity index (χ3n) is 2.36. The minimum atomic E-state index is -1.19. The Balaban J connectivity index is 2.20. The van der Waals surface area contributed by atoms with Gasteiger partial charge in [-0.15, -0.1) is 11.3 Å². The number of aryl methyl sites for hydroxylation is 1. The number of benzene rings is 1. The summed E-state index contributed by atoms with van der Waals surface area (Å²) >= 11 is 1.42. The second-order valence-corrected chi connectivity index (χ2v) is 5.06. The molecule has 0 saturated heterocycles. The van der Waals surface area contributed by atoms with E-state index in [0.29, 0.717) is 6.07 Å². The summed E-state index contributed by atoms with van der Waals surface area (Å²) in [7, 11) is 0. The van der Waals surface area contributed by atoms with Crippen LogP contribution < -0.4 is 5.32 Å². The molecule has 1 N–H and O–H groups in total. The lowest BCUT2D eigenvalue weighted by Gasteiger charge is -2.06. The Labute approximate surface area is 111 Å². The zero-order valence-corrected chi connectivity index (χ0v) is 10.6. The second kappa shape index (κ2) is 5.27. The zero-order valence-electron chi connectivity index (χ0n) is 9.81. The average Bonchev–Trinajstić information content (AvgIpc) is 2.73. The van der Waals surface area contributed by atoms with Crippen LogP contribution in [-0.2, 0) is 6.54 Å². The van der Waals surface area contributed by atoms with Crippen LogP contribution in [0.2, 0.25) is 0 Å². The third kappa shape index (κ3) is 3.02. The van der Waals surface area contributed by atoms with E-state index in [2.05, 4.69) is 10.3 Å². The molecule has 2 rings (SSSR count). The Bertz CT molecular complexity index is 630. The molecule has 2 aromatic rings. The number of aromatic nitrogens is 1. The SMILES string of the molecule is Cc1ncc(CNc2cc([N+](=O)[O-])c(F)cc2F)s1. The van der Waals surface area contributed by atoms with Crippen molar-refractivity contribution in [1.82, 2.24) is 4.98 Å². The molecule has 0 fully saturated rings. The Kier molecular flexibility index (Phi) is 3.70. The quantitative estimate of drug-likeness (QED) is 0.691. The number of anilines is 1. The fourth-order valence-electron chi connectivity index (χ4n) is 1.48. The topological polar surface area (TPSA) is 68.1 Å². The molecule has 1 aromatic carbocycles. The molecule has 0 amide bonds. The lowest BCUT2D eigenvalue weighted by molar-refractivity contribution is -0.387. The zero-order chi connectivity index (χ0) is 14.0. The van der Waals surface area contributed by atoms with Crippen molar-refractivity contribution in [3.8, 4) is 0 Å². The maximum Gasteiger partial charge on any atom is 0.307 e. The highest BCUT2D eigenvalue weighted by atomic mass is 32.1. The standard InChI is InChI=1S/C11H9F2N3O2S/c1-6-14-4-7(19-6)5-15-10-3-11(16(17)18)9(13)2-8(10)12/h2-4,15H,5H2,1H3. The summed E-state index contributed by atoms with van der Waals surface area (Å²) in [4.78, 5) is 14.6. The van der Waals surface area contributed by atoms with Crippen molar-refractivity contribution in [3.63, 3.8) is 0 Å². The predicted octanol–water partition coefficient (Wildman–Crippen LogP) is 3.25. The molecule has 0 saturated carbocycles. The molecule has 5 nitrogen and oxygen atoms in total. The van der Waals surface area contributed by atoms with Gasteiger partial charge in [-0.1, -0.05) is 0 Å². The van der Waals surface area contributed by atoms with Gasteiger partial charge in [-0.25, -0.2) is 9.37 Å². The van der Waals surface area contributed by atoms with Crippen molar-refractivity contribution in [2.45, 2.75) is 13.5 Å². The number of nitrogens with one attached hydrogen (secondary N) is 1. The van der Waals surface area contributed by atoms with Crippen molar-refractivity contribution in [2.75, 3.05) is 5.32 Å². The number of nitro groups is 1. The highest BCUT2D eigenvalue weighted by Gasteiger charge is 2.18. The lowest BCUT2D eigenvalue weighted by atomic mass is 10.2. The van der Waals surface area contributed by atoms with E-state index in [1.807, 2.05) is 6.92 Å². The van der Waals surface area contributed by atoms with Crippen molar-refractivity contribution < 1.29 is 13.7 Å². The van der Waals surface area contributed by atoms with Crippen LogP contribution in [-0.4, -0.2) is 9.91 Å². The van der Waals surface area contributed by atoms with Crippen molar-refractivity contribution in [3.05, 3.63) is 50.0 Å². The average molecular weight is 285 g/mol. The summed E-state index contributed by atoms with van der Waals surface area (Å²) in [5.74, 6) is -2.06. The molecule has 1 aromatic heterocycles. The van der Waals surface area contributed by atoms with Gasteiger partial charge in [-0.3, -0.25) is 10.1 Å². The normalized spacial score (nSPS) is 10.5. The van der Waals surface area contributed by atoms with Crippen LogP contribution in [0.1, 0.15) is 9.88 Å². The first-order valence-electron chi connectivity index (χ1n) is 5.26. The Morgan fingerprint density at radius 2 is 2.16 bits per heavy atom. The van der Waals surface area contributed by atoms with E-state index in [0.717, 1.165) is 16.0 Å². The molecular weight excluding hydrogens is 276 g/mol. The number of halogens is 2. The summed E-state index contributed by atoms with van der Waals surface area (Å²) in [5.41, 5.74) is -0.872. The Morgan fingerprint density at radius 3 is 2.74 bits per heavy atom. The van der Waals surface area contributed by atoms with Crippen LogP contribution >= 0.6 is 11.3 Å². The minimum Gasteiger partial charge on any atom is -0.378 e. The highest BCUT2D eigenvalue weighted by molar-refractivity contribution is 7.11. The van der Waals surface area contributed by atoms with Gasteiger partial charge >= 0.3 is 5.69 Å². The van der Waals surface area contributed by atoms with E-state index in [1.165, 1.54) is 11.3 Å². The number of hydrogen-bond acceptors (Lipinski definition) is 5. The molecule has 0 spiro atoms. The van der Waals surface area contributed by atoms with Crippen LogP contribution in [0.4, 0.5) is 20.2 Å². The Morgan fingerprint density at radius 1 is 1.42 bits per heavy atom. The van der Waals surface area contributed by atoms with Crippen LogP contribution in [0.3, 0.4) is 0 Å². The van der Waals surface area contributed by atoms with Crippen LogP contribution in [0.15, 0.2) is 18.3 Å². The molecule has 19 heavy (non-hydrogen) atoms. The number of rotatable bonds is 4. The smallest absolute Gasteiger partial charge is 0.307 e. The second-order valence-electron chi connectivity index (χ2n) is 3.74. The fourth-order valence-corrected chi connectivity index (χ4v) is 2.22. The number of nitrogens with zero attached hydrogens (tertiary/aromatic N) is 2. The van der Waals surface area contributed by atoms with E-state index >= 15 is 0 Å². The van der Waals surface area contributed by atoms with Crippen LogP contribution in [0.25, 0.3) is 0 Å². The largest absolute Gasteiger partial charge is 0.378 e. The van der Waals surface area contributed by atoms with Crippen LogP contribution in [0, 0.1) is 28.7 Å². The molecule has 0 bridgehead atoms. The van der Waals surface area contributed by atoms with Gasteiger partial charge in [0.15, 0.2) is 0 Å². The predicted molar refractivity (Wildman–Crippen MR) is 67.2 cm³/mol. The van der Waals surface area contributed by atoms with E-state index in [-0.39, 0.29) is 12.2 Å². The first-order valence-corrected chi connectivity index (χ1v) is 6.07. The molecule has 0 aliphatic rings. The van der Waals surface area contributed by atoms with Gasteiger partial charge < -0.3 is 5.32 Å². The van der Waals surface area contributed by atoms with E-state index in [9.17, 15) is 18.9 Å². The summed E-state index contributed by atoms with van der Waals surface area (Å²) in [5, 5.41) is 14.1. The monoisotopic (exact) mass is 285 g/mol. The molecule has 100 valence electrons. The van der Waals surface area contributed by atoms with E-state index in [4.69, 9.17) is 0 Å². The van der Waals surface area contributed by atoms with Crippen molar-refractivity contribution in [2.24, 2.45) is 0 Å². The first-order chi connectivity index (χ1) is 8.97. The molecule has 0 aliphatic heterocycles. The van der Waals surface area contributed by atoms with Crippen molar-refractivity contribution in [1.29, 1.82) is 0 Å². The van der Waals surface area contributed by atoms with Gasteiger partial charge in [0.05, 0.1) is 22.2 Å². The molecule has 0 radical (unpaired) electrons. The third-order valence-corrected chi connectivity index (χ3v) is 3.27. The molecular formula is C11H9F2N3O2S. The minimum absolute atomic E-state index is 0.112. The number of hydrogen-bond donors (Lipinski definition) is 1. The molecule has 1 heterocycles. The maximum absolute atomic E-state index is 13.5. The molecule has 0 atom stereocenters. The summed E-state index contributed by atoms with van der Waals surface area (Å²) in [6.07, 6.45) is 1.63. The van der Waals surface area contributed by atoms with Gasteiger partial charge in [0.2, 0.25) is 5.82 Å². The maximum atomic E-state index is 13.5. The summed E-state index contributed by atoms with van der Waals surface area (Å²) in [6.45, 7) is 2.10. The highest BCUT2D eigenvalue weighted by Crippen LogP contribution is 2.25. The van der Waals surface area contributed by atoms with Gasteiger partial charge in [0.1, 0.15) is 5.82 Å². The number of thiazole rings is 1. The van der Waals surface area contributed by atoms with E-state index in [1.54, 1.807) is 6.20 Å². The fraction of sp³-hybridized carbons (Fsp3) is 0.182. The lowest BCUT2D eigenvalue weighted by Crippen LogP contribution is -2.02. The van der Waals surface area contributed by atoms with Gasteiger partial charge in [-0.05, 0) is 6.92 Å². The summed E-state index contributed by atoms with van der Waals surface area (Å²) < 4.78 is 26.6. The summed E-state index contributed by atoms with van der Waals surface area (Å²) in [6, 6.07) is 1.34. The van der Waals surface area contributed by atoms with Gasteiger partial charge in [0.25, 0.3) is 0 Å². The van der Waals surface area contributed by atoms with Gasteiger partial charge in [0, 0.05) is 23.2 Å². The molecule has 8 heteroatoms. The van der Waals surface area contributed by atoms with Crippen LogP contribution in [0.5, 0.6) is 0 Å². The van der Waals surface area contributed by atoms with Crippen molar-refractivity contribution >= 4 is 22.7 Å². The Hall–Kier alpha value is -2.09. The van der Waals surface area contributed by atoms with E-state index < -0.39 is 22.2 Å².